The summed E-state index contributed by atoms with van der Waals surface area (Å²) in [4.78, 5) is 28.7. The second-order valence-electron chi connectivity index (χ2n) is 10.2. The summed E-state index contributed by atoms with van der Waals surface area (Å²) in [5.41, 5.74) is 3.44. The maximum atomic E-state index is 12.0. The van der Waals surface area contributed by atoms with Gasteiger partial charge < -0.3 is 10.1 Å². The smallest absolute Gasteiger partial charge is 0.407 e. The fraction of sp³-hybridized carbons (Fsp3) is 0.615. The Labute approximate surface area is 196 Å². The molecule has 1 N–H and O–H groups in total. The lowest BCUT2D eigenvalue weighted by atomic mass is 9.74. The van der Waals surface area contributed by atoms with Gasteiger partial charge in [-0.15, -0.1) is 0 Å². The number of amides is 1. The fourth-order valence-electron chi connectivity index (χ4n) is 5.83. The Morgan fingerprint density at radius 1 is 1.15 bits per heavy atom. The van der Waals surface area contributed by atoms with E-state index in [0.29, 0.717) is 30.4 Å². The molecule has 4 atom stereocenters. The molecule has 2 aromatic rings. The monoisotopic (exact) mass is 449 g/mol. The zero-order chi connectivity index (χ0) is 22.8. The molecule has 1 unspecified atom stereocenters. The van der Waals surface area contributed by atoms with E-state index in [2.05, 4.69) is 21.3 Å². The van der Waals surface area contributed by atoms with E-state index in [9.17, 15) is 4.79 Å². The molecule has 7 nitrogen and oxygen atoms in total. The molecule has 2 bridgehead atoms. The van der Waals surface area contributed by atoms with E-state index >= 15 is 0 Å². The molecular formula is C26H35N5O2. The average Bonchev–Trinajstić information content (AvgIpc) is 3.38. The molecular weight excluding hydrogens is 414 g/mol. The quantitative estimate of drug-likeness (QED) is 0.699. The van der Waals surface area contributed by atoms with Gasteiger partial charge in [0.2, 0.25) is 0 Å². The number of nitrogens with one attached hydrogen (secondary N) is 1. The van der Waals surface area contributed by atoms with Gasteiger partial charge in [0.1, 0.15) is 6.61 Å². The third-order valence-corrected chi connectivity index (χ3v) is 7.55. The Bertz CT molecular complexity index is 960. The number of carbonyl (C=O) groups is 1. The van der Waals surface area contributed by atoms with Crippen LogP contribution in [-0.2, 0) is 4.74 Å². The minimum Gasteiger partial charge on any atom is -0.448 e. The van der Waals surface area contributed by atoms with E-state index in [0.717, 1.165) is 30.9 Å². The molecule has 1 saturated carbocycles. The van der Waals surface area contributed by atoms with E-state index in [1.165, 1.54) is 43.5 Å². The highest BCUT2D eigenvalue weighted by Gasteiger charge is 2.42. The predicted molar refractivity (Wildman–Crippen MR) is 127 cm³/mol. The molecule has 1 amide bonds. The molecule has 0 spiro atoms. The van der Waals surface area contributed by atoms with Gasteiger partial charge in [-0.3, -0.25) is 9.88 Å². The molecule has 2 aromatic heterocycles. The van der Waals surface area contributed by atoms with Crippen molar-refractivity contribution in [3.63, 3.8) is 0 Å². The van der Waals surface area contributed by atoms with Gasteiger partial charge in [-0.25, -0.2) is 14.8 Å². The van der Waals surface area contributed by atoms with E-state index in [1.54, 1.807) is 0 Å². The standard InChI is InChI=1S/C26H35N5O2/c1-17(2)28-26(32)33-16-21-13-20-9-12-31(21)15-22(20)24-14-23(18-5-3-4-6-18)29-25(30-24)19-7-10-27-11-8-19/h7-8,10-11,14,17-18,20-22H,3-6,9,12-13,15-16H2,1-2H3,(H,28,32)/t20-,21-,22+/m1/s1. The fourth-order valence-corrected chi connectivity index (χ4v) is 5.83. The van der Waals surface area contributed by atoms with Crippen LogP contribution in [0.4, 0.5) is 4.79 Å². The molecule has 0 aromatic carbocycles. The Balaban J connectivity index is 1.35. The summed E-state index contributed by atoms with van der Waals surface area (Å²) < 4.78 is 5.53. The van der Waals surface area contributed by atoms with Crippen LogP contribution in [0.15, 0.2) is 30.6 Å². The van der Waals surface area contributed by atoms with Crippen molar-refractivity contribution in [1.29, 1.82) is 0 Å². The summed E-state index contributed by atoms with van der Waals surface area (Å²) >= 11 is 0. The van der Waals surface area contributed by atoms with Crippen LogP contribution < -0.4 is 5.32 Å². The molecule has 3 aliphatic heterocycles. The topological polar surface area (TPSA) is 80.2 Å². The maximum Gasteiger partial charge on any atom is 0.407 e. The van der Waals surface area contributed by atoms with Gasteiger partial charge in [-0.05, 0) is 70.2 Å². The predicted octanol–water partition coefficient (Wildman–Crippen LogP) is 4.51. The number of carbonyl (C=O) groups excluding carboxylic acids is 1. The highest BCUT2D eigenvalue weighted by atomic mass is 16.5. The lowest BCUT2D eigenvalue weighted by Gasteiger charge is -2.49. The Morgan fingerprint density at radius 3 is 2.61 bits per heavy atom. The van der Waals surface area contributed by atoms with Gasteiger partial charge >= 0.3 is 6.09 Å². The molecule has 6 rings (SSSR count). The minimum absolute atomic E-state index is 0.0893. The Kier molecular flexibility index (Phi) is 6.58. The lowest BCUT2D eigenvalue weighted by molar-refractivity contribution is -0.00372. The van der Waals surface area contributed by atoms with E-state index in [4.69, 9.17) is 14.7 Å². The van der Waals surface area contributed by atoms with Crippen molar-refractivity contribution in [1.82, 2.24) is 25.2 Å². The number of hydrogen-bond acceptors (Lipinski definition) is 6. The minimum atomic E-state index is -0.316. The normalized spacial score (nSPS) is 27.1. The van der Waals surface area contributed by atoms with Crippen LogP contribution in [0.25, 0.3) is 11.4 Å². The first-order valence-corrected chi connectivity index (χ1v) is 12.5. The van der Waals surface area contributed by atoms with Gasteiger partial charge in [-0.1, -0.05) is 12.8 Å². The van der Waals surface area contributed by atoms with Crippen LogP contribution in [0.2, 0.25) is 0 Å². The third kappa shape index (κ3) is 5.03. The van der Waals surface area contributed by atoms with E-state index in [-0.39, 0.29) is 12.1 Å². The van der Waals surface area contributed by atoms with Gasteiger partial charge in [-0.2, -0.15) is 0 Å². The number of hydrogen-bond donors (Lipinski definition) is 1. The summed E-state index contributed by atoms with van der Waals surface area (Å²) in [6.45, 7) is 6.39. The van der Waals surface area contributed by atoms with Crippen molar-refractivity contribution < 1.29 is 9.53 Å². The first kappa shape index (κ1) is 22.3. The van der Waals surface area contributed by atoms with E-state index in [1.807, 2.05) is 38.4 Å². The molecule has 33 heavy (non-hydrogen) atoms. The summed E-state index contributed by atoms with van der Waals surface area (Å²) in [5.74, 6) is 2.35. The SMILES string of the molecule is CC(C)NC(=O)OC[C@H]1C[C@H]2CCN1C[C@@H]2c1cc(C2CCCC2)nc(-c2ccncc2)n1. The number of piperidine rings is 3. The van der Waals surface area contributed by atoms with Crippen LogP contribution >= 0.6 is 0 Å². The zero-order valence-electron chi connectivity index (χ0n) is 19.7. The largest absolute Gasteiger partial charge is 0.448 e. The number of nitrogens with zero attached hydrogens (tertiary/aromatic N) is 4. The number of fused-ring (bicyclic) bond motifs is 3. The second-order valence-corrected chi connectivity index (χ2v) is 10.2. The molecule has 1 aliphatic carbocycles. The van der Waals surface area contributed by atoms with Crippen LogP contribution in [0, 0.1) is 5.92 Å². The number of pyridine rings is 1. The molecule has 3 saturated heterocycles. The average molecular weight is 450 g/mol. The zero-order valence-corrected chi connectivity index (χ0v) is 19.7. The van der Waals surface area contributed by atoms with Crippen molar-refractivity contribution >= 4 is 6.09 Å². The highest BCUT2D eigenvalue weighted by molar-refractivity contribution is 5.67. The van der Waals surface area contributed by atoms with Crippen molar-refractivity contribution in [2.75, 3.05) is 19.7 Å². The number of aromatic nitrogens is 3. The summed E-state index contributed by atoms with van der Waals surface area (Å²) in [7, 11) is 0. The van der Waals surface area contributed by atoms with Crippen molar-refractivity contribution in [3.8, 4) is 11.4 Å². The molecule has 5 heterocycles. The van der Waals surface area contributed by atoms with Crippen LogP contribution in [0.3, 0.4) is 0 Å². The van der Waals surface area contributed by atoms with Crippen molar-refractivity contribution in [2.24, 2.45) is 5.92 Å². The number of rotatable bonds is 6. The first-order valence-electron chi connectivity index (χ1n) is 12.5. The maximum absolute atomic E-state index is 12.0. The highest BCUT2D eigenvalue weighted by Crippen LogP contribution is 2.43. The van der Waals surface area contributed by atoms with E-state index < -0.39 is 0 Å². The van der Waals surface area contributed by atoms with Gasteiger partial charge in [0.15, 0.2) is 5.82 Å². The number of alkyl carbamates (subject to hydrolysis) is 1. The molecule has 4 aliphatic rings. The van der Waals surface area contributed by atoms with Crippen molar-refractivity contribution in [2.45, 2.75) is 76.3 Å². The van der Waals surface area contributed by atoms with Gasteiger partial charge in [0, 0.05) is 59.8 Å². The number of ether oxygens (including phenoxy) is 1. The molecule has 7 heteroatoms. The molecule has 0 radical (unpaired) electrons. The van der Waals surface area contributed by atoms with Crippen molar-refractivity contribution in [3.05, 3.63) is 42.0 Å². The Hall–Kier alpha value is -2.54. The first-order chi connectivity index (χ1) is 16.1. The van der Waals surface area contributed by atoms with Gasteiger partial charge in [0.05, 0.1) is 0 Å². The van der Waals surface area contributed by atoms with Crippen LogP contribution in [0.1, 0.15) is 75.6 Å². The van der Waals surface area contributed by atoms with Crippen LogP contribution in [0.5, 0.6) is 0 Å². The molecule has 176 valence electrons. The molecule has 4 fully saturated rings. The summed E-state index contributed by atoms with van der Waals surface area (Å²) in [6, 6.07) is 6.70. The summed E-state index contributed by atoms with van der Waals surface area (Å²) in [5, 5.41) is 2.81. The van der Waals surface area contributed by atoms with Crippen LogP contribution in [-0.4, -0.2) is 57.7 Å². The second kappa shape index (κ2) is 9.75. The third-order valence-electron chi connectivity index (χ3n) is 7.55. The summed E-state index contributed by atoms with van der Waals surface area (Å²) in [6.07, 6.45) is 10.6. The van der Waals surface area contributed by atoms with Gasteiger partial charge in [0.25, 0.3) is 0 Å². The lowest BCUT2D eigenvalue weighted by Crippen LogP contribution is -2.54. The Morgan fingerprint density at radius 2 is 1.91 bits per heavy atom.